The number of carboxylic acid groups (broad SMARTS) is 1. The molecule has 0 radical (unpaired) electrons. The van der Waals surface area contributed by atoms with Gasteiger partial charge in [0.25, 0.3) is 0 Å². The van der Waals surface area contributed by atoms with Crippen molar-refractivity contribution >= 4 is 11.7 Å². The highest BCUT2D eigenvalue weighted by atomic mass is 16.5. The number of hydrogen-bond acceptors (Lipinski definition) is 3. The summed E-state index contributed by atoms with van der Waals surface area (Å²) < 4.78 is 5.22. The minimum absolute atomic E-state index is 0.194. The molecule has 2 rings (SSSR count). The summed E-state index contributed by atoms with van der Waals surface area (Å²) in [5.41, 5.74) is 1.11. The molecule has 1 fully saturated rings. The molecule has 18 heavy (non-hydrogen) atoms. The third-order valence-corrected chi connectivity index (χ3v) is 3.50. The fourth-order valence-electron chi connectivity index (χ4n) is 2.41. The Labute approximate surface area is 107 Å². The molecule has 0 spiro atoms. The maximum atomic E-state index is 11.0. The van der Waals surface area contributed by atoms with E-state index in [4.69, 9.17) is 9.84 Å². The standard InChI is InChI=1S/C14H19NO3/c1-18-13-6-2-5-12(10-13)15-8-3-4-11(7-9-15)14(16)17/h2,5-6,10-11H,3-4,7-9H2,1H3,(H,16,17). The zero-order valence-electron chi connectivity index (χ0n) is 10.6. The summed E-state index contributed by atoms with van der Waals surface area (Å²) in [5, 5.41) is 9.06. The van der Waals surface area contributed by atoms with Crippen LogP contribution in [0.4, 0.5) is 5.69 Å². The van der Waals surface area contributed by atoms with Gasteiger partial charge in [0, 0.05) is 24.8 Å². The van der Waals surface area contributed by atoms with Gasteiger partial charge in [-0.3, -0.25) is 4.79 Å². The van der Waals surface area contributed by atoms with E-state index in [1.807, 2.05) is 24.3 Å². The van der Waals surface area contributed by atoms with Crippen LogP contribution in [0.25, 0.3) is 0 Å². The summed E-state index contributed by atoms with van der Waals surface area (Å²) in [5.74, 6) is -0.0189. The van der Waals surface area contributed by atoms with Crippen LogP contribution in [0.2, 0.25) is 0 Å². The summed E-state index contributed by atoms with van der Waals surface area (Å²) in [7, 11) is 1.65. The Hall–Kier alpha value is -1.71. The zero-order valence-corrected chi connectivity index (χ0v) is 10.6. The average Bonchev–Trinajstić information content (AvgIpc) is 2.64. The van der Waals surface area contributed by atoms with Gasteiger partial charge in [-0.2, -0.15) is 0 Å². The van der Waals surface area contributed by atoms with Crippen LogP contribution in [-0.4, -0.2) is 31.3 Å². The molecule has 4 nitrogen and oxygen atoms in total. The van der Waals surface area contributed by atoms with Crippen LogP contribution in [0.5, 0.6) is 5.75 Å². The number of benzene rings is 1. The van der Waals surface area contributed by atoms with E-state index in [2.05, 4.69) is 4.90 Å². The molecule has 4 heteroatoms. The molecule has 1 aromatic carbocycles. The van der Waals surface area contributed by atoms with Gasteiger partial charge in [0.05, 0.1) is 13.0 Å². The van der Waals surface area contributed by atoms with Crippen LogP contribution in [0.15, 0.2) is 24.3 Å². The molecule has 1 saturated heterocycles. The van der Waals surface area contributed by atoms with Crippen LogP contribution in [0.1, 0.15) is 19.3 Å². The van der Waals surface area contributed by atoms with Gasteiger partial charge in [0.1, 0.15) is 5.75 Å². The molecule has 1 aliphatic rings. The number of carboxylic acids is 1. The number of anilines is 1. The number of rotatable bonds is 3. The van der Waals surface area contributed by atoms with Gasteiger partial charge in [-0.1, -0.05) is 6.07 Å². The van der Waals surface area contributed by atoms with Gasteiger partial charge in [-0.05, 0) is 31.4 Å². The van der Waals surface area contributed by atoms with Crippen LogP contribution in [0.3, 0.4) is 0 Å². The van der Waals surface area contributed by atoms with Crippen molar-refractivity contribution in [3.63, 3.8) is 0 Å². The van der Waals surface area contributed by atoms with Crippen molar-refractivity contribution in [3.05, 3.63) is 24.3 Å². The number of aliphatic carboxylic acids is 1. The van der Waals surface area contributed by atoms with E-state index in [1.165, 1.54) is 0 Å². The summed E-state index contributed by atoms with van der Waals surface area (Å²) in [6, 6.07) is 7.93. The number of ether oxygens (including phenoxy) is 1. The van der Waals surface area contributed by atoms with Gasteiger partial charge in [0.15, 0.2) is 0 Å². The quantitative estimate of drug-likeness (QED) is 0.893. The minimum Gasteiger partial charge on any atom is -0.497 e. The molecule has 1 N–H and O–H groups in total. The Kier molecular flexibility index (Phi) is 4.07. The van der Waals surface area contributed by atoms with E-state index in [0.717, 1.165) is 37.4 Å². The topological polar surface area (TPSA) is 49.8 Å². The first-order valence-corrected chi connectivity index (χ1v) is 6.32. The van der Waals surface area contributed by atoms with Crippen molar-refractivity contribution in [1.29, 1.82) is 0 Å². The molecule has 1 aromatic rings. The van der Waals surface area contributed by atoms with Crippen molar-refractivity contribution in [3.8, 4) is 5.75 Å². The van der Waals surface area contributed by atoms with Gasteiger partial charge < -0.3 is 14.7 Å². The Morgan fingerprint density at radius 1 is 1.39 bits per heavy atom. The normalized spacial score (nSPS) is 20.3. The predicted octanol–water partition coefficient (Wildman–Crippen LogP) is 2.39. The van der Waals surface area contributed by atoms with Crippen molar-refractivity contribution in [2.24, 2.45) is 5.92 Å². The lowest BCUT2D eigenvalue weighted by Gasteiger charge is -2.23. The highest BCUT2D eigenvalue weighted by molar-refractivity contribution is 5.70. The Balaban J connectivity index is 2.07. The number of nitrogens with zero attached hydrogens (tertiary/aromatic N) is 1. The maximum Gasteiger partial charge on any atom is 0.306 e. The van der Waals surface area contributed by atoms with E-state index in [0.29, 0.717) is 6.42 Å². The molecule has 0 aromatic heterocycles. The SMILES string of the molecule is COc1cccc(N2CCCC(C(=O)O)CC2)c1. The van der Waals surface area contributed by atoms with Gasteiger partial charge in [-0.25, -0.2) is 0 Å². The first kappa shape index (κ1) is 12.7. The Bertz CT molecular complexity index is 419. The highest BCUT2D eigenvalue weighted by Crippen LogP contribution is 2.25. The molecule has 0 aliphatic carbocycles. The van der Waals surface area contributed by atoms with E-state index in [-0.39, 0.29) is 5.92 Å². The lowest BCUT2D eigenvalue weighted by atomic mass is 10.0. The van der Waals surface area contributed by atoms with E-state index in [9.17, 15) is 4.79 Å². The summed E-state index contributed by atoms with van der Waals surface area (Å²) in [4.78, 5) is 13.3. The highest BCUT2D eigenvalue weighted by Gasteiger charge is 2.22. The van der Waals surface area contributed by atoms with Crippen LogP contribution in [0, 0.1) is 5.92 Å². The summed E-state index contributed by atoms with van der Waals surface area (Å²) >= 11 is 0. The summed E-state index contributed by atoms with van der Waals surface area (Å²) in [6.07, 6.45) is 2.41. The smallest absolute Gasteiger partial charge is 0.306 e. The second kappa shape index (κ2) is 5.76. The number of methoxy groups -OCH3 is 1. The number of hydrogen-bond donors (Lipinski definition) is 1. The third-order valence-electron chi connectivity index (χ3n) is 3.50. The van der Waals surface area contributed by atoms with Crippen LogP contribution >= 0.6 is 0 Å². The Morgan fingerprint density at radius 3 is 2.94 bits per heavy atom. The number of carbonyl (C=O) groups is 1. The molecule has 1 heterocycles. The second-order valence-electron chi connectivity index (χ2n) is 4.65. The van der Waals surface area contributed by atoms with Gasteiger partial charge in [-0.15, -0.1) is 0 Å². The molecular weight excluding hydrogens is 230 g/mol. The van der Waals surface area contributed by atoms with E-state index >= 15 is 0 Å². The predicted molar refractivity (Wildman–Crippen MR) is 70.2 cm³/mol. The van der Waals surface area contributed by atoms with Crippen LogP contribution < -0.4 is 9.64 Å². The molecule has 0 amide bonds. The van der Waals surface area contributed by atoms with E-state index in [1.54, 1.807) is 7.11 Å². The third kappa shape index (κ3) is 2.94. The van der Waals surface area contributed by atoms with Crippen molar-refractivity contribution in [2.75, 3.05) is 25.1 Å². The molecule has 1 unspecified atom stereocenters. The van der Waals surface area contributed by atoms with Crippen molar-refractivity contribution in [1.82, 2.24) is 0 Å². The second-order valence-corrected chi connectivity index (χ2v) is 4.65. The van der Waals surface area contributed by atoms with Crippen molar-refractivity contribution in [2.45, 2.75) is 19.3 Å². The molecule has 98 valence electrons. The lowest BCUT2D eigenvalue weighted by molar-refractivity contribution is -0.142. The first-order chi connectivity index (χ1) is 8.70. The maximum absolute atomic E-state index is 11.0. The monoisotopic (exact) mass is 249 g/mol. The fraction of sp³-hybridized carbons (Fsp3) is 0.500. The first-order valence-electron chi connectivity index (χ1n) is 6.32. The molecule has 1 aliphatic heterocycles. The zero-order chi connectivity index (χ0) is 13.0. The van der Waals surface area contributed by atoms with Crippen molar-refractivity contribution < 1.29 is 14.6 Å². The summed E-state index contributed by atoms with van der Waals surface area (Å²) in [6.45, 7) is 1.71. The largest absolute Gasteiger partial charge is 0.497 e. The molecule has 1 atom stereocenters. The molecule has 0 saturated carbocycles. The molecule has 0 bridgehead atoms. The average molecular weight is 249 g/mol. The Morgan fingerprint density at radius 2 is 2.22 bits per heavy atom. The van der Waals surface area contributed by atoms with E-state index < -0.39 is 5.97 Å². The van der Waals surface area contributed by atoms with Gasteiger partial charge in [0.2, 0.25) is 0 Å². The molecular formula is C14H19NO3. The van der Waals surface area contributed by atoms with Gasteiger partial charge >= 0.3 is 5.97 Å². The van der Waals surface area contributed by atoms with Crippen LogP contribution in [-0.2, 0) is 4.79 Å². The minimum atomic E-state index is -0.664. The lowest BCUT2D eigenvalue weighted by Crippen LogP contribution is -2.24. The fourth-order valence-corrected chi connectivity index (χ4v) is 2.41.